The van der Waals surface area contributed by atoms with Gasteiger partial charge in [-0.3, -0.25) is 9.48 Å². The van der Waals surface area contributed by atoms with Crippen LogP contribution in [0.5, 0.6) is 0 Å². The standard InChI is InChI=1S/C16H21N3O/c1-5-19(11-14-9-7-6-8-10-14)16(20)15-12(2)17-18(4)13(15)3/h6-10H,5,11H2,1-4H3. The van der Waals surface area contributed by atoms with Gasteiger partial charge in [0.1, 0.15) is 0 Å². The molecule has 1 aromatic carbocycles. The zero-order chi connectivity index (χ0) is 14.7. The number of carbonyl (C=O) groups is 1. The lowest BCUT2D eigenvalue weighted by atomic mass is 10.1. The van der Waals surface area contributed by atoms with Gasteiger partial charge in [0.25, 0.3) is 5.91 Å². The highest BCUT2D eigenvalue weighted by Gasteiger charge is 2.22. The highest BCUT2D eigenvalue weighted by molar-refractivity contribution is 5.96. The normalized spacial score (nSPS) is 10.6. The fourth-order valence-corrected chi connectivity index (χ4v) is 2.37. The van der Waals surface area contributed by atoms with Crippen molar-refractivity contribution in [1.29, 1.82) is 0 Å². The van der Waals surface area contributed by atoms with Crippen LogP contribution < -0.4 is 0 Å². The Hall–Kier alpha value is -2.10. The van der Waals surface area contributed by atoms with Gasteiger partial charge in [-0.05, 0) is 26.3 Å². The Morgan fingerprint density at radius 1 is 1.25 bits per heavy atom. The first-order valence-corrected chi connectivity index (χ1v) is 6.88. The molecule has 0 fully saturated rings. The SMILES string of the molecule is CCN(Cc1ccccc1)C(=O)c1c(C)nn(C)c1C. The second-order valence-electron chi connectivity index (χ2n) is 4.97. The molecule has 1 heterocycles. The van der Waals surface area contributed by atoms with Crippen molar-refractivity contribution in [2.45, 2.75) is 27.3 Å². The molecule has 0 atom stereocenters. The molecule has 0 spiro atoms. The molecule has 0 aliphatic rings. The first-order valence-electron chi connectivity index (χ1n) is 6.88. The first-order chi connectivity index (χ1) is 9.54. The van der Waals surface area contributed by atoms with Crippen LogP contribution in [-0.2, 0) is 13.6 Å². The number of amides is 1. The van der Waals surface area contributed by atoms with E-state index in [2.05, 4.69) is 5.10 Å². The molecule has 20 heavy (non-hydrogen) atoms. The Labute approximate surface area is 120 Å². The highest BCUT2D eigenvalue weighted by Crippen LogP contribution is 2.16. The van der Waals surface area contributed by atoms with Crippen LogP contribution in [-0.4, -0.2) is 27.1 Å². The molecule has 106 valence electrons. The third kappa shape index (κ3) is 2.74. The number of hydrogen-bond acceptors (Lipinski definition) is 2. The van der Waals surface area contributed by atoms with Crippen molar-refractivity contribution < 1.29 is 4.79 Å². The number of rotatable bonds is 4. The smallest absolute Gasteiger partial charge is 0.257 e. The molecular formula is C16H21N3O. The van der Waals surface area contributed by atoms with Crippen LogP contribution >= 0.6 is 0 Å². The molecule has 0 aliphatic heterocycles. The van der Waals surface area contributed by atoms with Gasteiger partial charge in [-0.1, -0.05) is 30.3 Å². The van der Waals surface area contributed by atoms with Crippen LogP contribution in [0.3, 0.4) is 0 Å². The summed E-state index contributed by atoms with van der Waals surface area (Å²) in [6, 6.07) is 10.1. The molecule has 0 saturated heterocycles. The van der Waals surface area contributed by atoms with Gasteiger partial charge in [0.05, 0.1) is 11.3 Å². The molecule has 1 amide bonds. The van der Waals surface area contributed by atoms with E-state index in [-0.39, 0.29) is 5.91 Å². The van der Waals surface area contributed by atoms with Crippen LogP contribution in [0.15, 0.2) is 30.3 Å². The van der Waals surface area contributed by atoms with E-state index in [0.717, 1.165) is 22.5 Å². The van der Waals surface area contributed by atoms with Crippen LogP contribution in [0.25, 0.3) is 0 Å². The van der Waals surface area contributed by atoms with E-state index in [1.54, 1.807) is 4.68 Å². The zero-order valence-electron chi connectivity index (χ0n) is 12.6. The predicted molar refractivity (Wildman–Crippen MR) is 79.5 cm³/mol. The number of nitrogens with zero attached hydrogens (tertiary/aromatic N) is 3. The second-order valence-corrected chi connectivity index (χ2v) is 4.97. The number of benzene rings is 1. The van der Waals surface area contributed by atoms with Crippen molar-refractivity contribution in [1.82, 2.24) is 14.7 Å². The maximum atomic E-state index is 12.7. The maximum Gasteiger partial charge on any atom is 0.257 e. The molecule has 2 rings (SSSR count). The molecule has 0 unspecified atom stereocenters. The van der Waals surface area contributed by atoms with E-state index in [4.69, 9.17) is 0 Å². The average Bonchev–Trinajstić information content (AvgIpc) is 2.70. The van der Waals surface area contributed by atoms with Crippen LogP contribution in [0.4, 0.5) is 0 Å². The van der Waals surface area contributed by atoms with E-state index in [1.807, 2.05) is 63.1 Å². The van der Waals surface area contributed by atoms with Gasteiger partial charge in [-0.2, -0.15) is 5.10 Å². The molecule has 1 aromatic heterocycles. The van der Waals surface area contributed by atoms with Crippen molar-refractivity contribution >= 4 is 5.91 Å². The van der Waals surface area contributed by atoms with Gasteiger partial charge in [0.2, 0.25) is 0 Å². The Kier molecular flexibility index (Phi) is 4.23. The summed E-state index contributed by atoms with van der Waals surface area (Å²) >= 11 is 0. The van der Waals surface area contributed by atoms with Crippen molar-refractivity contribution in [2.75, 3.05) is 6.54 Å². The van der Waals surface area contributed by atoms with Gasteiger partial charge in [0.15, 0.2) is 0 Å². The van der Waals surface area contributed by atoms with E-state index in [9.17, 15) is 4.79 Å². The molecule has 0 saturated carbocycles. The van der Waals surface area contributed by atoms with Gasteiger partial charge in [-0.15, -0.1) is 0 Å². The van der Waals surface area contributed by atoms with Gasteiger partial charge in [-0.25, -0.2) is 0 Å². The third-order valence-corrected chi connectivity index (χ3v) is 3.61. The van der Waals surface area contributed by atoms with Crippen LogP contribution in [0.1, 0.15) is 34.2 Å². The summed E-state index contributed by atoms with van der Waals surface area (Å²) in [5, 5.41) is 4.32. The summed E-state index contributed by atoms with van der Waals surface area (Å²) in [6.45, 7) is 7.13. The molecule has 2 aromatic rings. The van der Waals surface area contributed by atoms with E-state index < -0.39 is 0 Å². The number of carbonyl (C=O) groups excluding carboxylic acids is 1. The molecule has 4 nitrogen and oxygen atoms in total. The van der Waals surface area contributed by atoms with Crippen molar-refractivity contribution in [3.8, 4) is 0 Å². The number of hydrogen-bond donors (Lipinski definition) is 0. The Balaban J connectivity index is 2.25. The summed E-state index contributed by atoms with van der Waals surface area (Å²) in [6.07, 6.45) is 0. The highest BCUT2D eigenvalue weighted by atomic mass is 16.2. The topological polar surface area (TPSA) is 38.1 Å². The summed E-state index contributed by atoms with van der Waals surface area (Å²) in [7, 11) is 1.87. The number of aromatic nitrogens is 2. The Morgan fingerprint density at radius 2 is 1.90 bits per heavy atom. The van der Waals surface area contributed by atoms with Gasteiger partial charge < -0.3 is 4.90 Å². The third-order valence-electron chi connectivity index (χ3n) is 3.61. The lowest BCUT2D eigenvalue weighted by molar-refractivity contribution is 0.0751. The molecule has 0 radical (unpaired) electrons. The minimum absolute atomic E-state index is 0.0550. The van der Waals surface area contributed by atoms with Crippen molar-refractivity contribution in [2.24, 2.45) is 7.05 Å². The van der Waals surface area contributed by atoms with Crippen LogP contribution in [0.2, 0.25) is 0 Å². The fraction of sp³-hybridized carbons (Fsp3) is 0.375. The van der Waals surface area contributed by atoms with Crippen molar-refractivity contribution in [3.63, 3.8) is 0 Å². The zero-order valence-corrected chi connectivity index (χ0v) is 12.6. The van der Waals surface area contributed by atoms with E-state index in [1.165, 1.54) is 0 Å². The quantitative estimate of drug-likeness (QED) is 0.857. The number of aryl methyl sites for hydroxylation is 2. The molecule has 0 bridgehead atoms. The van der Waals surface area contributed by atoms with Crippen molar-refractivity contribution in [3.05, 3.63) is 52.8 Å². The molecule has 0 N–H and O–H groups in total. The summed E-state index contributed by atoms with van der Waals surface area (Å²) in [4.78, 5) is 14.6. The average molecular weight is 271 g/mol. The van der Waals surface area contributed by atoms with Crippen LogP contribution in [0, 0.1) is 13.8 Å². The molecular weight excluding hydrogens is 250 g/mol. The summed E-state index contributed by atoms with van der Waals surface area (Å²) in [5.74, 6) is 0.0550. The first kappa shape index (κ1) is 14.3. The largest absolute Gasteiger partial charge is 0.334 e. The summed E-state index contributed by atoms with van der Waals surface area (Å²) in [5.41, 5.74) is 3.58. The van der Waals surface area contributed by atoms with Gasteiger partial charge >= 0.3 is 0 Å². The lowest BCUT2D eigenvalue weighted by Crippen LogP contribution is -2.31. The predicted octanol–water partition coefficient (Wildman–Crippen LogP) is 2.70. The molecule has 4 heteroatoms. The lowest BCUT2D eigenvalue weighted by Gasteiger charge is -2.21. The monoisotopic (exact) mass is 271 g/mol. The van der Waals surface area contributed by atoms with E-state index >= 15 is 0 Å². The van der Waals surface area contributed by atoms with E-state index in [0.29, 0.717) is 13.1 Å². The minimum atomic E-state index is 0.0550. The maximum absolute atomic E-state index is 12.7. The Morgan fingerprint density at radius 3 is 2.40 bits per heavy atom. The molecule has 0 aliphatic carbocycles. The summed E-state index contributed by atoms with van der Waals surface area (Å²) < 4.78 is 1.76. The second kappa shape index (κ2) is 5.90. The minimum Gasteiger partial charge on any atom is -0.334 e. The fourth-order valence-electron chi connectivity index (χ4n) is 2.37. The van der Waals surface area contributed by atoms with Gasteiger partial charge in [0, 0.05) is 25.8 Å². The Bertz CT molecular complexity index is 602.